The van der Waals surface area contributed by atoms with E-state index in [2.05, 4.69) is 10.1 Å². The standard InChI is InChI=1S/C14H15FN4O/c1-2-19(11-5-3-4-10(15)8-11)12-6-7-17-13(9-12)14(16)18-20/h3-9,20H,2H2,1H3,(H2,16,18). The average molecular weight is 274 g/mol. The lowest BCUT2D eigenvalue weighted by Crippen LogP contribution is -2.19. The third kappa shape index (κ3) is 2.85. The molecular formula is C14H15FN4O. The van der Waals surface area contributed by atoms with Gasteiger partial charge in [-0.2, -0.15) is 0 Å². The van der Waals surface area contributed by atoms with Crippen molar-refractivity contribution in [2.75, 3.05) is 11.4 Å². The first-order valence-corrected chi connectivity index (χ1v) is 6.12. The van der Waals surface area contributed by atoms with E-state index >= 15 is 0 Å². The monoisotopic (exact) mass is 274 g/mol. The molecule has 0 atom stereocenters. The fraction of sp³-hybridized carbons (Fsp3) is 0.143. The van der Waals surface area contributed by atoms with Crippen molar-refractivity contribution in [3.8, 4) is 0 Å². The molecular weight excluding hydrogens is 259 g/mol. The van der Waals surface area contributed by atoms with Crippen LogP contribution in [-0.4, -0.2) is 22.6 Å². The number of rotatable bonds is 4. The number of anilines is 2. The number of benzene rings is 1. The van der Waals surface area contributed by atoms with E-state index in [1.54, 1.807) is 24.4 Å². The van der Waals surface area contributed by atoms with Crippen molar-refractivity contribution >= 4 is 17.2 Å². The molecule has 0 aliphatic heterocycles. The first-order chi connectivity index (χ1) is 9.65. The summed E-state index contributed by atoms with van der Waals surface area (Å²) in [5.74, 6) is -0.367. The molecule has 0 radical (unpaired) electrons. The van der Waals surface area contributed by atoms with Crippen LogP contribution in [0.25, 0.3) is 0 Å². The first-order valence-electron chi connectivity index (χ1n) is 6.12. The molecule has 0 amide bonds. The second-order valence-corrected chi connectivity index (χ2v) is 4.11. The van der Waals surface area contributed by atoms with Gasteiger partial charge in [0.05, 0.1) is 0 Å². The van der Waals surface area contributed by atoms with Gasteiger partial charge in [-0.05, 0) is 37.3 Å². The minimum Gasteiger partial charge on any atom is -0.409 e. The Hall–Kier alpha value is -2.63. The summed E-state index contributed by atoms with van der Waals surface area (Å²) in [7, 11) is 0. The number of aromatic nitrogens is 1. The Balaban J connectivity index is 2.42. The number of halogens is 1. The molecule has 0 fully saturated rings. The van der Waals surface area contributed by atoms with E-state index in [1.165, 1.54) is 12.1 Å². The average Bonchev–Trinajstić information content (AvgIpc) is 2.47. The fourth-order valence-corrected chi connectivity index (χ4v) is 1.94. The van der Waals surface area contributed by atoms with E-state index in [9.17, 15) is 4.39 Å². The van der Waals surface area contributed by atoms with Gasteiger partial charge in [-0.15, -0.1) is 0 Å². The van der Waals surface area contributed by atoms with Gasteiger partial charge < -0.3 is 15.8 Å². The molecule has 0 bridgehead atoms. The minimum absolute atomic E-state index is 0.0675. The maximum absolute atomic E-state index is 13.3. The molecule has 0 saturated carbocycles. The summed E-state index contributed by atoms with van der Waals surface area (Å²) in [6.45, 7) is 2.59. The van der Waals surface area contributed by atoms with Crippen LogP contribution < -0.4 is 10.6 Å². The summed E-state index contributed by atoms with van der Waals surface area (Å²) in [5, 5.41) is 11.6. The predicted octanol–water partition coefficient (Wildman–Crippen LogP) is 2.47. The molecule has 20 heavy (non-hydrogen) atoms. The highest BCUT2D eigenvalue weighted by molar-refractivity contribution is 5.96. The Labute approximate surface area is 116 Å². The Bertz CT molecular complexity index is 630. The number of pyridine rings is 1. The second-order valence-electron chi connectivity index (χ2n) is 4.11. The van der Waals surface area contributed by atoms with E-state index in [0.29, 0.717) is 12.2 Å². The van der Waals surface area contributed by atoms with Crippen LogP contribution in [0, 0.1) is 5.82 Å². The molecule has 0 unspecified atom stereocenters. The molecule has 104 valence electrons. The normalized spacial score (nSPS) is 11.4. The fourth-order valence-electron chi connectivity index (χ4n) is 1.94. The van der Waals surface area contributed by atoms with Crippen molar-refractivity contribution in [3.63, 3.8) is 0 Å². The van der Waals surface area contributed by atoms with Crippen molar-refractivity contribution < 1.29 is 9.60 Å². The van der Waals surface area contributed by atoms with E-state index < -0.39 is 0 Å². The number of hydrogen-bond acceptors (Lipinski definition) is 4. The van der Waals surface area contributed by atoms with Crippen LogP contribution in [0.15, 0.2) is 47.8 Å². The van der Waals surface area contributed by atoms with Crippen LogP contribution in [0.2, 0.25) is 0 Å². The zero-order valence-corrected chi connectivity index (χ0v) is 11.0. The summed E-state index contributed by atoms with van der Waals surface area (Å²) < 4.78 is 13.3. The zero-order valence-electron chi connectivity index (χ0n) is 11.0. The van der Waals surface area contributed by atoms with Crippen molar-refractivity contribution in [1.29, 1.82) is 0 Å². The van der Waals surface area contributed by atoms with E-state index in [0.717, 1.165) is 11.4 Å². The SMILES string of the molecule is CCN(c1cccc(F)c1)c1ccnc(C(N)=NO)c1. The molecule has 5 nitrogen and oxygen atoms in total. The van der Waals surface area contributed by atoms with Gasteiger partial charge >= 0.3 is 0 Å². The Morgan fingerprint density at radius 2 is 2.10 bits per heavy atom. The molecule has 2 aromatic rings. The minimum atomic E-state index is -0.299. The van der Waals surface area contributed by atoms with Crippen LogP contribution >= 0.6 is 0 Å². The van der Waals surface area contributed by atoms with Gasteiger partial charge in [0.1, 0.15) is 11.5 Å². The van der Waals surface area contributed by atoms with Crippen LogP contribution in [0.3, 0.4) is 0 Å². The molecule has 0 spiro atoms. The predicted molar refractivity (Wildman–Crippen MR) is 75.8 cm³/mol. The summed E-state index contributed by atoms with van der Waals surface area (Å²) in [5.41, 5.74) is 7.40. The van der Waals surface area contributed by atoms with Crippen LogP contribution in [0.4, 0.5) is 15.8 Å². The maximum atomic E-state index is 13.3. The van der Waals surface area contributed by atoms with Gasteiger partial charge in [0.2, 0.25) is 0 Å². The molecule has 3 N–H and O–H groups in total. The lowest BCUT2D eigenvalue weighted by molar-refractivity contribution is 0.318. The highest BCUT2D eigenvalue weighted by Crippen LogP contribution is 2.25. The largest absolute Gasteiger partial charge is 0.409 e. The summed E-state index contributed by atoms with van der Waals surface area (Å²) in [6, 6.07) is 9.78. The summed E-state index contributed by atoms with van der Waals surface area (Å²) in [4.78, 5) is 5.92. The summed E-state index contributed by atoms with van der Waals surface area (Å²) in [6.07, 6.45) is 1.56. The van der Waals surface area contributed by atoms with Gasteiger partial charge in [-0.3, -0.25) is 4.98 Å². The van der Waals surface area contributed by atoms with Crippen molar-refractivity contribution in [2.24, 2.45) is 10.9 Å². The highest BCUT2D eigenvalue weighted by Gasteiger charge is 2.10. The van der Waals surface area contributed by atoms with Gasteiger partial charge in [0.25, 0.3) is 0 Å². The number of amidine groups is 1. The number of nitrogens with zero attached hydrogens (tertiary/aromatic N) is 3. The molecule has 0 saturated heterocycles. The van der Waals surface area contributed by atoms with Crippen LogP contribution in [0.5, 0.6) is 0 Å². The summed E-state index contributed by atoms with van der Waals surface area (Å²) >= 11 is 0. The van der Waals surface area contributed by atoms with E-state index in [-0.39, 0.29) is 11.7 Å². The zero-order chi connectivity index (χ0) is 14.5. The Kier molecular flexibility index (Phi) is 4.14. The third-order valence-electron chi connectivity index (χ3n) is 2.86. The first kappa shape index (κ1) is 13.8. The topological polar surface area (TPSA) is 74.7 Å². The van der Waals surface area contributed by atoms with Crippen molar-refractivity contribution in [3.05, 3.63) is 54.1 Å². The number of hydrogen-bond donors (Lipinski definition) is 2. The molecule has 6 heteroatoms. The highest BCUT2D eigenvalue weighted by atomic mass is 19.1. The maximum Gasteiger partial charge on any atom is 0.188 e. The molecule has 1 heterocycles. The van der Waals surface area contributed by atoms with Crippen LogP contribution in [-0.2, 0) is 0 Å². The van der Waals surface area contributed by atoms with Crippen LogP contribution in [0.1, 0.15) is 12.6 Å². The third-order valence-corrected chi connectivity index (χ3v) is 2.86. The van der Waals surface area contributed by atoms with Gasteiger partial charge in [0, 0.05) is 24.1 Å². The molecule has 0 aliphatic rings. The number of nitrogens with two attached hydrogens (primary N) is 1. The van der Waals surface area contributed by atoms with Gasteiger partial charge in [-0.25, -0.2) is 4.39 Å². The Morgan fingerprint density at radius 1 is 1.35 bits per heavy atom. The molecule has 2 rings (SSSR count). The smallest absolute Gasteiger partial charge is 0.188 e. The molecule has 0 aliphatic carbocycles. The van der Waals surface area contributed by atoms with E-state index in [4.69, 9.17) is 10.9 Å². The van der Waals surface area contributed by atoms with Gasteiger partial charge in [0.15, 0.2) is 5.84 Å². The van der Waals surface area contributed by atoms with E-state index in [1.807, 2.05) is 17.9 Å². The lowest BCUT2D eigenvalue weighted by atomic mass is 10.2. The number of oxime groups is 1. The quantitative estimate of drug-likeness (QED) is 0.389. The van der Waals surface area contributed by atoms with Crippen molar-refractivity contribution in [1.82, 2.24) is 4.98 Å². The lowest BCUT2D eigenvalue weighted by Gasteiger charge is -2.23. The molecule has 1 aromatic carbocycles. The van der Waals surface area contributed by atoms with Gasteiger partial charge in [-0.1, -0.05) is 11.2 Å². The molecule has 1 aromatic heterocycles. The second kappa shape index (κ2) is 6.01. The van der Waals surface area contributed by atoms with Crippen molar-refractivity contribution in [2.45, 2.75) is 6.92 Å². The Morgan fingerprint density at radius 3 is 2.75 bits per heavy atom.